The number of carbonyl (C=O) groups is 1. The van der Waals surface area contributed by atoms with E-state index < -0.39 is 11.9 Å². The lowest BCUT2D eigenvalue weighted by atomic mass is 10.1. The highest BCUT2D eigenvalue weighted by molar-refractivity contribution is 14.1. The van der Waals surface area contributed by atoms with E-state index in [1.807, 2.05) is 79.7 Å². The van der Waals surface area contributed by atoms with Crippen LogP contribution in [0.5, 0.6) is 23.0 Å². The van der Waals surface area contributed by atoms with Gasteiger partial charge in [0.1, 0.15) is 41.1 Å². The van der Waals surface area contributed by atoms with E-state index in [0.29, 0.717) is 11.5 Å². The van der Waals surface area contributed by atoms with Crippen LogP contribution in [0.2, 0.25) is 0 Å². The molecule has 1 aliphatic carbocycles. The maximum absolute atomic E-state index is 11.2. The van der Waals surface area contributed by atoms with Crippen molar-refractivity contribution in [1.29, 1.82) is 0 Å². The first-order valence-corrected chi connectivity index (χ1v) is 10.9. The maximum atomic E-state index is 11.2. The van der Waals surface area contributed by atoms with E-state index in [0.717, 1.165) is 17.1 Å². The van der Waals surface area contributed by atoms with Crippen molar-refractivity contribution in [1.82, 2.24) is 0 Å². The molecule has 0 radical (unpaired) electrons. The summed E-state index contributed by atoms with van der Waals surface area (Å²) in [5.74, 6) is 1.51. The minimum atomic E-state index is -0.821. The Labute approximate surface area is 188 Å². The molecule has 30 heavy (non-hydrogen) atoms. The van der Waals surface area contributed by atoms with Crippen LogP contribution in [0.25, 0.3) is 0 Å². The Morgan fingerprint density at radius 2 is 1.57 bits per heavy atom. The van der Waals surface area contributed by atoms with Crippen LogP contribution in [-0.2, 0) is 4.79 Å². The first-order valence-electron chi connectivity index (χ1n) is 9.64. The van der Waals surface area contributed by atoms with Crippen molar-refractivity contribution in [2.24, 2.45) is 5.92 Å². The van der Waals surface area contributed by atoms with Crippen LogP contribution >= 0.6 is 22.6 Å². The molecule has 0 spiro atoms. The van der Waals surface area contributed by atoms with E-state index in [4.69, 9.17) is 19.3 Å². The highest BCUT2D eigenvalue weighted by atomic mass is 127. The fourth-order valence-corrected chi connectivity index (χ4v) is 4.24. The zero-order valence-electron chi connectivity index (χ0n) is 16.3. The topological polar surface area (TPSA) is 65.0 Å². The molecule has 0 amide bonds. The van der Waals surface area contributed by atoms with E-state index in [1.54, 1.807) is 6.07 Å². The third kappa shape index (κ3) is 4.87. The fourth-order valence-electron chi connectivity index (χ4n) is 3.17. The van der Waals surface area contributed by atoms with Crippen molar-refractivity contribution in [3.05, 3.63) is 84.4 Å². The zero-order valence-corrected chi connectivity index (χ0v) is 18.4. The molecule has 4 atom stereocenters. The third-order valence-corrected chi connectivity index (χ3v) is 6.34. The summed E-state index contributed by atoms with van der Waals surface area (Å²) in [5.41, 5.74) is 0.982. The minimum absolute atomic E-state index is 0.0176. The lowest BCUT2D eigenvalue weighted by Crippen LogP contribution is -2.08. The average molecular weight is 516 g/mol. The van der Waals surface area contributed by atoms with Gasteiger partial charge >= 0.3 is 5.97 Å². The van der Waals surface area contributed by atoms with Crippen molar-refractivity contribution in [2.45, 2.75) is 23.1 Å². The summed E-state index contributed by atoms with van der Waals surface area (Å²) in [5, 5.41) is 9.17. The Balaban J connectivity index is 1.41. The summed E-state index contributed by atoms with van der Waals surface area (Å²) >= 11 is 2.12. The number of benzene rings is 3. The van der Waals surface area contributed by atoms with Gasteiger partial charge < -0.3 is 19.3 Å². The summed E-state index contributed by atoms with van der Waals surface area (Å²) in [4.78, 5) is 11.2. The van der Waals surface area contributed by atoms with E-state index >= 15 is 0 Å². The molecule has 5 nitrogen and oxygen atoms in total. The van der Waals surface area contributed by atoms with Crippen LogP contribution in [0, 0.1) is 5.92 Å². The fraction of sp³-hybridized carbons (Fsp3) is 0.208. The molecule has 6 heteroatoms. The summed E-state index contributed by atoms with van der Waals surface area (Å²) in [6, 6.07) is 24.7. The van der Waals surface area contributed by atoms with Crippen LogP contribution in [0.4, 0.5) is 0 Å². The Kier molecular flexibility index (Phi) is 6.13. The van der Waals surface area contributed by atoms with E-state index in [1.165, 1.54) is 0 Å². The standard InChI is InChI=1S/C24H21IO5/c1-15(16-7-5-10-18(13-16)29-17-8-3-2-4-9-17)28-19-11-6-12-20(14-19)30-23-21(22(23)25)24(26)27/h2-15,21-23H,1H3,(H,26,27)/t15?,21-,22-,23+/m1/s1. The molecule has 1 saturated carbocycles. The van der Waals surface area contributed by atoms with Crippen molar-refractivity contribution in [3.8, 4) is 23.0 Å². The number of hydrogen-bond acceptors (Lipinski definition) is 4. The molecule has 1 unspecified atom stereocenters. The van der Waals surface area contributed by atoms with Crippen LogP contribution in [0.1, 0.15) is 18.6 Å². The first-order chi connectivity index (χ1) is 14.5. The summed E-state index contributed by atoms with van der Waals surface area (Å²) in [6.45, 7) is 1.97. The highest BCUT2D eigenvalue weighted by Gasteiger charge is 2.56. The van der Waals surface area contributed by atoms with E-state index in [9.17, 15) is 4.79 Å². The number of carboxylic acid groups (broad SMARTS) is 1. The number of alkyl halides is 1. The highest BCUT2D eigenvalue weighted by Crippen LogP contribution is 2.42. The van der Waals surface area contributed by atoms with Crippen molar-refractivity contribution >= 4 is 28.6 Å². The molecule has 0 heterocycles. The number of carboxylic acids is 1. The summed E-state index contributed by atoms with van der Waals surface area (Å²) in [6.07, 6.45) is -0.507. The first kappa shape index (κ1) is 20.5. The molecule has 3 aromatic rings. The van der Waals surface area contributed by atoms with Gasteiger partial charge in [-0.05, 0) is 48.9 Å². The molecule has 154 valence electrons. The number of rotatable bonds is 8. The van der Waals surface area contributed by atoms with Crippen molar-refractivity contribution < 1.29 is 24.1 Å². The van der Waals surface area contributed by atoms with Gasteiger partial charge in [-0.15, -0.1) is 0 Å². The van der Waals surface area contributed by atoms with E-state index in [-0.39, 0.29) is 16.1 Å². The Morgan fingerprint density at radius 3 is 2.30 bits per heavy atom. The van der Waals surface area contributed by atoms with Gasteiger partial charge in [0.15, 0.2) is 0 Å². The number of hydrogen-bond donors (Lipinski definition) is 1. The lowest BCUT2D eigenvalue weighted by Gasteiger charge is -2.17. The van der Waals surface area contributed by atoms with Gasteiger partial charge in [-0.2, -0.15) is 0 Å². The Bertz CT molecular complexity index is 1020. The Morgan fingerprint density at radius 1 is 0.900 bits per heavy atom. The van der Waals surface area contributed by atoms with Crippen molar-refractivity contribution in [2.75, 3.05) is 0 Å². The molecule has 1 N–H and O–H groups in total. The van der Waals surface area contributed by atoms with Crippen LogP contribution < -0.4 is 14.2 Å². The second-order valence-electron chi connectivity index (χ2n) is 7.11. The Hall–Kier alpha value is -2.74. The van der Waals surface area contributed by atoms with Crippen LogP contribution in [-0.4, -0.2) is 21.1 Å². The normalized spacial score (nSPS) is 20.8. The monoisotopic (exact) mass is 516 g/mol. The molecule has 0 saturated heterocycles. The number of ether oxygens (including phenoxy) is 3. The molecule has 0 bridgehead atoms. The van der Waals surface area contributed by atoms with Crippen LogP contribution in [0.3, 0.4) is 0 Å². The molecule has 4 rings (SSSR count). The number of halogens is 1. The van der Waals surface area contributed by atoms with Gasteiger partial charge in [0.2, 0.25) is 0 Å². The zero-order chi connectivity index (χ0) is 21.1. The predicted molar refractivity (Wildman–Crippen MR) is 122 cm³/mol. The summed E-state index contributed by atoms with van der Waals surface area (Å²) < 4.78 is 17.8. The van der Waals surface area contributed by atoms with Gasteiger partial charge in [0.25, 0.3) is 0 Å². The third-order valence-electron chi connectivity index (χ3n) is 4.85. The molecule has 0 aliphatic heterocycles. The molecule has 1 aliphatic rings. The van der Waals surface area contributed by atoms with Gasteiger partial charge in [0.05, 0.1) is 3.92 Å². The predicted octanol–water partition coefficient (Wildman–Crippen LogP) is 5.88. The average Bonchev–Trinajstić information content (AvgIpc) is 3.38. The van der Waals surface area contributed by atoms with Gasteiger partial charge in [-0.3, -0.25) is 4.79 Å². The molecular formula is C24H21IO5. The summed E-state index contributed by atoms with van der Waals surface area (Å²) in [7, 11) is 0. The smallest absolute Gasteiger partial charge is 0.311 e. The lowest BCUT2D eigenvalue weighted by molar-refractivity contribution is -0.139. The van der Waals surface area contributed by atoms with Gasteiger partial charge in [-0.1, -0.05) is 59.0 Å². The van der Waals surface area contributed by atoms with Crippen LogP contribution in [0.15, 0.2) is 78.9 Å². The molecular weight excluding hydrogens is 495 g/mol. The second kappa shape index (κ2) is 8.95. The SMILES string of the molecule is CC(Oc1cccc(O[C@@H]2[C@H](I)[C@H]2C(=O)O)c1)c1cccc(Oc2ccccc2)c1. The van der Waals surface area contributed by atoms with Gasteiger partial charge in [0, 0.05) is 6.07 Å². The largest absolute Gasteiger partial charge is 0.488 e. The minimum Gasteiger partial charge on any atom is -0.488 e. The van der Waals surface area contributed by atoms with Gasteiger partial charge in [-0.25, -0.2) is 0 Å². The molecule has 1 fully saturated rings. The number of para-hydroxylation sites is 1. The van der Waals surface area contributed by atoms with Crippen molar-refractivity contribution in [3.63, 3.8) is 0 Å². The van der Waals surface area contributed by atoms with E-state index in [2.05, 4.69) is 22.6 Å². The maximum Gasteiger partial charge on any atom is 0.311 e. The molecule has 0 aromatic heterocycles. The molecule has 3 aromatic carbocycles. The quantitative estimate of drug-likeness (QED) is 0.299. The number of aliphatic carboxylic acids is 1. The second-order valence-corrected chi connectivity index (χ2v) is 8.55.